The molecule has 2 aliphatic rings. The molecule has 0 saturated carbocycles. The third-order valence-corrected chi connectivity index (χ3v) is 5.01. The Kier molecular flexibility index (Phi) is 5.44. The molecule has 0 bridgehead atoms. The molecule has 2 unspecified atom stereocenters. The number of amides is 2. The third kappa shape index (κ3) is 3.81. The highest BCUT2D eigenvalue weighted by Crippen LogP contribution is 2.33. The number of hydrogen-bond acceptors (Lipinski definition) is 4. The van der Waals surface area contributed by atoms with Crippen LogP contribution in [0.25, 0.3) is 0 Å². The van der Waals surface area contributed by atoms with E-state index in [9.17, 15) is 14.4 Å². The predicted octanol–water partition coefficient (Wildman–Crippen LogP) is 2.05. The Balaban J connectivity index is 1.75. The van der Waals surface area contributed by atoms with Crippen LogP contribution in [0.5, 0.6) is 5.75 Å². The van der Waals surface area contributed by atoms with Crippen LogP contribution < -0.4 is 9.64 Å². The van der Waals surface area contributed by atoms with Crippen LogP contribution in [0.15, 0.2) is 24.3 Å². The number of carbonyl (C=O) groups is 3. The first-order chi connectivity index (χ1) is 12.5. The van der Waals surface area contributed by atoms with Crippen LogP contribution in [0.3, 0.4) is 0 Å². The fraction of sp³-hybridized carbons (Fsp3) is 0.526. The van der Waals surface area contributed by atoms with Gasteiger partial charge < -0.3 is 14.7 Å². The van der Waals surface area contributed by atoms with E-state index in [4.69, 9.17) is 9.84 Å². The van der Waals surface area contributed by atoms with Crippen molar-refractivity contribution in [2.45, 2.75) is 51.2 Å². The molecule has 0 spiro atoms. The zero-order valence-electron chi connectivity index (χ0n) is 14.9. The number of carboxylic acids is 1. The SMILES string of the molecule is CC1Oc2ccccc2N(CC(=O)N2CCCCC2CCC(=O)O)C1=O. The van der Waals surface area contributed by atoms with Crippen molar-refractivity contribution >= 4 is 23.5 Å². The maximum atomic E-state index is 12.9. The van der Waals surface area contributed by atoms with Crippen molar-refractivity contribution in [2.24, 2.45) is 0 Å². The number of hydrogen-bond donors (Lipinski definition) is 1. The first-order valence-corrected chi connectivity index (χ1v) is 9.05. The summed E-state index contributed by atoms with van der Waals surface area (Å²) in [5.74, 6) is -0.643. The molecule has 7 nitrogen and oxygen atoms in total. The number of ether oxygens (including phenoxy) is 1. The van der Waals surface area contributed by atoms with Crippen molar-refractivity contribution in [1.29, 1.82) is 0 Å². The first kappa shape index (κ1) is 18.2. The summed E-state index contributed by atoms with van der Waals surface area (Å²) in [6.07, 6.45) is 2.56. The van der Waals surface area contributed by atoms with Gasteiger partial charge in [-0.25, -0.2) is 0 Å². The van der Waals surface area contributed by atoms with Crippen LogP contribution >= 0.6 is 0 Å². The lowest BCUT2D eigenvalue weighted by molar-refractivity contribution is -0.140. The van der Waals surface area contributed by atoms with Crippen LogP contribution in [0, 0.1) is 0 Å². The van der Waals surface area contributed by atoms with Gasteiger partial charge in [0.1, 0.15) is 12.3 Å². The lowest BCUT2D eigenvalue weighted by Gasteiger charge is -2.38. The molecule has 1 aromatic rings. The highest BCUT2D eigenvalue weighted by molar-refractivity contribution is 6.03. The Labute approximate surface area is 152 Å². The number of anilines is 1. The molecule has 2 atom stereocenters. The summed E-state index contributed by atoms with van der Waals surface area (Å²) in [7, 11) is 0. The lowest BCUT2D eigenvalue weighted by Crippen LogP contribution is -2.52. The zero-order chi connectivity index (χ0) is 18.7. The topological polar surface area (TPSA) is 87.2 Å². The van der Waals surface area contributed by atoms with E-state index in [-0.39, 0.29) is 30.8 Å². The monoisotopic (exact) mass is 360 g/mol. The number of nitrogens with zero attached hydrogens (tertiary/aromatic N) is 2. The Morgan fingerprint density at radius 3 is 2.81 bits per heavy atom. The molecule has 1 fully saturated rings. The Morgan fingerprint density at radius 1 is 1.27 bits per heavy atom. The van der Waals surface area contributed by atoms with Gasteiger partial charge in [0.15, 0.2) is 6.10 Å². The van der Waals surface area contributed by atoms with Gasteiger partial charge in [-0.15, -0.1) is 0 Å². The Morgan fingerprint density at radius 2 is 2.04 bits per heavy atom. The molecule has 0 aromatic heterocycles. The van der Waals surface area contributed by atoms with Gasteiger partial charge in [-0.2, -0.15) is 0 Å². The molecule has 1 saturated heterocycles. The minimum Gasteiger partial charge on any atom is -0.481 e. The molecule has 1 N–H and O–H groups in total. The molecule has 1 aromatic carbocycles. The van der Waals surface area contributed by atoms with Gasteiger partial charge in [0, 0.05) is 19.0 Å². The van der Waals surface area contributed by atoms with Gasteiger partial charge >= 0.3 is 5.97 Å². The maximum Gasteiger partial charge on any atom is 0.303 e. The van der Waals surface area contributed by atoms with E-state index in [1.165, 1.54) is 4.90 Å². The van der Waals surface area contributed by atoms with Crippen LogP contribution in [-0.4, -0.2) is 53.0 Å². The zero-order valence-corrected chi connectivity index (χ0v) is 14.9. The van der Waals surface area contributed by atoms with E-state index in [1.54, 1.807) is 30.0 Å². The van der Waals surface area contributed by atoms with E-state index >= 15 is 0 Å². The van der Waals surface area contributed by atoms with Crippen LogP contribution in [0.1, 0.15) is 39.0 Å². The summed E-state index contributed by atoms with van der Waals surface area (Å²) in [5, 5.41) is 8.93. The molecule has 0 radical (unpaired) electrons. The van der Waals surface area contributed by atoms with Crippen molar-refractivity contribution in [2.75, 3.05) is 18.0 Å². The standard InChI is InChI=1S/C19H24N2O5/c1-13-19(25)21(15-7-2-3-8-16(15)26-13)12-17(22)20-11-5-4-6-14(20)9-10-18(23)24/h2-3,7-8,13-14H,4-6,9-12H2,1H3,(H,23,24). The average molecular weight is 360 g/mol. The maximum absolute atomic E-state index is 12.9. The minimum absolute atomic E-state index is 0.0464. The van der Waals surface area contributed by atoms with Gasteiger partial charge in [-0.1, -0.05) is 12.1 Å². The average Bonchev–Trinajstić information content (AvgIpc) is 2.63. The quantitative estimate of drug-likeness (QED) is 0.868. The first-order valence-electron chi connectivity index (χ1n) is 9.05. The fourth-order valence-electron chi connectivity index (χ4n) is 3.67. The number of benzene rings is 1. The third-order valence-electron chi connectivity index (χ3n) is 5.01. The molecule has 2 aliphatic heterocycles. The number of likely N-dealkylation sites (tertiary alicyclic amines) is 1. The molecule has 3 rings (SSSR count). The molecular formula is C19H24N2O5. The van der Waals surface area contributed by atoms with Crippen molar-refractivity contribution in [3.05, 3.63) is 24.3 Å². The van der Waals surface area contributed by atoms with E-state index < -0.39 is 12.1 Å². The smallest absolute Gasteiger partial charge is 0.303 e. The highest BCUT2D eigenvalue weighted by atomic mass is 16.5. The number of rotatable bonds is 5. The molecule has 0 aliphatic carbocycles. The summed E-state index contributed by atoms with van der Waals surface area (Å²) in [6.45, 7) is 2.23. The van der Waals surface area contributed by atoms with Gasteiger partial charge in [0.25, 0.3) is 5.91 Å². The Hall–Kier alpha value is -2.57. The number of para-hydroxylation sites is 2. The largest absolute Gasteiger partial charge is 0.481 e. The van der Waals surface area contributed by atoms with Crippen molar-refractivity contribution in [1.82, 2.24) is 4.90 Å². The van der Waals surface area contributed by atoms with Crippen LogP contribution in [0.2, 0.25) is 0 Å². The number of carboxylic acid groups (broad SMARTS) is 1. The molecular weight excluding hydrogens is 336 g/mol. The number of fused-ring (bicyclic) bond motifs is 1. The van der Waals surface area contributed by atoms with Crippen molar-refractivity contribution in [3.63, 3.8) is 0 Å². The van der Waals surface area contributed by atoms with E-state index in [2.05, 4.69) is 0 Å². The molecule has 7 heteroatoms. The second kappa shape index (κ2) is 7.76. The number of piperidine rings is 1. The minimum atomic E-state index is -0.853. The van der Waals surface area contributed by atoms with E-state index in [0.29, 0.717) is 24.4 Å². The van der Waals surface area contributed by atoms with Gasteiger partial charge in [-0.3, -0.25) is 19.3 Å². The van der Waals surface area contributed by atoms with Gasteiger partial charge in [0.2, 0.25) is 5.91 Å². The highest BCUT2D eigenvalue weighted by Gasteiger charge is 2.35. The predicted molar refractivity (Wildman–Crippen MR) is 95.1 cm³/mol. The number of aliphatic carboxylic acids is 1. The van der Waals surface area contributed by atoms with Crippen LogP contribution in [0.4, 0.5) is 5.69 Å². The van der Waals surface area contributed by atoms with E-state index in [1.807, 2.05) is 6.07 Å². The van der Waals surface area contributed by atoms with Crippen LogP contribution in [-0.2, 0) is 14.4 Å². The second-order valence-electron chi connectivity index (χ2n) is 6.82. The molecule has 140 valence electrons. The van der Waals surface area contributed by atoms with E-state index in [0.717, 1.165) is 19.3 Å². The summed E-state index contributed by atoms with van der Waals surface area (Å²) in [6, 6.07) is 7.11. The summed E-state index contributed by atoms with van der Waals surface area (Å²) in [4.78, 5) is 39.6. The molecule has 2 heterocycles. The fourth-order valence-corrected chi connectivity index (χ4v) is 3.67. The van der Waals surface area contributed by atoms with Gasteiger partial charge in [0.05, 0.1) is 5.69 Å². The summed E-state index contributed by atoms with van der Waals surface area (Å²) < 4.78 is 5.61. The molecule has 26 heavy (non-hydrogen) atoms. The summed E-state index contributed by atoms with van der Waals surface area (Å²) in [5.41, 5.74) is 0.600. The lowest BCUT2D eigenvalue weighted by atomic mass is 9.97. The van der Waals surface area contributed by atoms with Crippen molar-refractivity contribution < 1.29 is 24.2 Å². The summed E-state index contributed by atoms with van der Waals surface area (Å²) >= 11 is 0. The second-order valence-corrected chi connectivity index (χ2v) is 6.82. The molecule has 2 amide bonds. The Bertz CT molecular complexity index is 705. The number of carbonyl (C=O) groups excluding carboxylic acids is 2. The van der Waals surface area contributed by atoms with Gasteiger partial charge in [-0.05, 0) is 44.7 Å². The van der Waals surface area contributed by atoms with Crippen molar-refractivity contribution in [3.8, 4) is 5.75 Å². The normalized spacial score (nSPS) is 22.6.